The lowest BCUT2D eigenvalue weighted by Gasteiger charge is -2.28. The molecule has 1 aliphatic carbocycles. The number of hydrogen-bond acceptors (Lipinski definition) is 2. The molecule has 0 amide bonds. The summed E-state index contributed by atoms with van der Waals surface area (Å²) in [7, 11) is 0. The van der Waals surface area contributed by atoms with Crippen LogP contribution in [0.2, 0.25) is 0 Å². The predicted molar refractivity (Wildman–Crippen MR) is 86.1 cm³/mol. The number of nitrogens with two attached hydrogens (primary N) is 1. The predicted octanol–water partition coefficient (Wildman–Crippen LogP) is 3.65. The van der Waals surface area contributed by atoms with Gasteiger partial charge in [0.25, 0.3) is 0 Å². The maximum Gasteiger partial charge on any atom is 0.573 e. The molecule has 0 saturated carbocycles. The SMILES string of the molecule is NC(=NCC1Cc2ccccc21)Nc1ccccc1OC(F)(F)F. The molecule has 3 N–H and O–H groups in total. The summed E-state index contributed by atoms with van der Waals surface area (Å²) in [6, 6.07) is 13.8. The second kappa shape index (κ2) is 6.43. The first-order valence-corrected chi connectivity index (χ1v) is 7.42. The summed E-state index contributed by atoms with van der Waals surface area (Å²) >= 11 is 0. The Hall–Kier alpha value is -2.70. The number of rotatable bonds is 4. The van der Waals surface area contributed by atoms with E-state index in [0.29, 0.717) is 12.5 Å². The van der Waals surface area contributed by atoms with Crippen molar-refractivity contribution in [3.05, 3.63) is 59.7 Å². The Morgan fingerprint density at radius 1 is 1.17 bits per heavy atom. The van der Waals surface area contributed by atoms with Crippen LogP contribution in [0.15, 0.2) is 53.5 Å². The molecule has 0 aromatic heterocycles. The second-order valence-electron chi connectivity index (χ2n) is 5.49. The van der Waals surface area contributed by atoms with Gasteiger partial charge in [-0.1, -0.05) is 36.4 Å². The molecule has 2 aromatic carbocycles. The van der Waals surface area contributed by atoms with Crippen LogP contribution < -0.4 is 15.8 Å². The average molecular weight is 335 g/mol. The normalized spacial score (nSPS) is 17.0. The fourth-order valence-electron chi connectivity index (χ4n) is 2.70. The Morgan fingerprint density at radius 3 is 2.62 bits per heavy atom. The number of halogens is 3. The molecule has 0 spiro atoms. The minimum absolute atomic E-state index is 0.0533. The van der Waals surface area contributed by atoms with Gasteiger partial charge in [-0.25, -0.2) is 0 Å². The topological polar surface area (TPSA) is 59.6 Å². The summed E-state index contributed by atoms with van der Waals surface area (Å²) in [5.74, 6) is -0.00188. The molecule has 1 unspecified atom stereocenters. The van der Waals surface area contributed by atoms with Gasteiger partial charge in [0.05, 0.1) is 5.69 Å². The Labute approximate surface area is 137 Å². The summed E-state index contributed by atoms with van der Waals surface area (Å²) in [6.45, 7) is 0.484. The summed E-state index contributed by atoms with van der Waals surface area (Å²) in [5.41, 5.74) is 8.45. The zero-order chi connectivity index (χ0) is 17.2. The van der Waals surface area contributed by atoms with Gasteiger partial charge in [0.1, 0.15) is 0 Å². The molecule has 4 nitrogen and oxygen atoms in total. The van der Waals surface area contributed by atoms with E-state index in [-0.39, 0.29) is 17.4 Å². The fourth-order valence-corrected chi connectivity index (χ4v) is 2.70. The first-order chi connectivity index (χ1) is 11.4. The second-order valence-corrected chi connectivity index (χ2v) is 5.49. The van der Waals surface area contributed by atoms with Crippen LogP contribution in [0.5, 0.6) is 5.75 Å². The quantitative estimate of drug-likeness (QED) is 0.662. The number of benzene rings is 2. The standard InChI is InChI=1S/C17H16F3N3O/c18-17(19,20)24-15-8-4-3-7-14(15)23-16(21)22-10-12-9-11-5-1-2-6-13(11)12/h1-8,12H,9-10H2,(H3,21,22,23). The first kappa shape index (κ1) is 16.2. The number of ether oxygens (including phenoxy) is 1. The third-order valence-electron chi connectivity index (χ3n) is 3.82. The van der Waals surface area contributed by atoms with Gasteiger partial charge >= 0.3 is 6.36 Å². The van der Waals surface area contributed by atoms with E-state index in [2.05, 4.69) is 27.2 Å². The van der Waals surface area contributed by atoms with Crippen molar-refractivity contribution >= 4 is 11.6 Å². The van der Waals surface area contributed by atoms with Crippen molar-refractivity contribution in [1.29, 1.82) is 0 Å². The van der Waals surface area contributed by atoms with Gasteiger partial charge in [0.15, 0.2) is 11.7 Å². The molecule has 1 aliphatic rings. The lowest BCUT2D eigenvalue weighted by molar-refractivity contribution is -0.274. The van der Waals surface area contributed by atoms with Crippen molar-refractivity contribution in [3.8, 4) is 5.75 Å². The number of nitrogens with one attached hydrogen (secondary N) is 1. The summed E-state index contributed by atoms with van der Waals surface area (Å²) in [4.78, 5) is 4.22. The molecule has 3 rings (SSSR count). The Bertz CT molecular complexity index is 759. The molecular weight excluding hydrogens is 319 g/mol. The number of hydrogen-bond donors (Lipinski definition) is 2. The highest BCUT2D eigenvalue weighted by Gasteiger charge is 2.32. The maximum absolute atomic E-state index is 12.4. The highest BCUT2D eigenvalue weighted by molar-refractivity contribution is 5.93. The Morgan fingerprint density at radius 2 is 1.88 bits per heavy atom. The minimum Gasteiger partial charge on any atom is -0.404 e. The van der Waals surface area contributed by atoms with E-state index in [1.165, 1.54) is 29.3 Å². The van der Waals surface area contributed by atoms with Crippen LogP contribution in [0.3, 0.4) is 0 Å². The Balaban J connectivity index is 1.64. The summed E-state index contributed by atoms with van der Waals surface area (Å²) < 4.78 is 41.2. The van der Waals surface area contributed by atoms with Crippen molar-refractivity contribution in [1.82, 2.24) is 0 Å². The lowest BCUT2D eigenvalue weighted by atomic mass is 9.78. The number of alkyl halides is 3. The molecular formula is C17H16F3N3O. The van der Waals surface area contributed by atoms with Crippen molar-refractivity contribution < 1.29 is 17.9 Å². The minimum atomic E-state index is -4.76. The van der Waals surface area contributed by atoms with E-state index < -0.39 is 6.36 Å². The highest BCUT2D eigenvalue weighted by atomic mass is 19.4. The largest absolute Gasteiger partial charge is 0.573 e. The number of aliphatic imine (C=N–C) groups is 1. The van der Waals surface area contributed by atoms with Crippen LogP contribution in [0, 0.1) is 0 Å². The van der Waals surface area contributed by atoms with Gasteiger partial charge in [-0.3, -0.25) is 4.99 Å². The first-order valence-electron chi connectivity index (χ1n) is 7.42. The molecule has 0 fully saturated rings. The smallest absolute Gasteiger partial charge is 0.404 e. The van der Waals surface area contributed by atoms with Gasteiger partial charge in [0.2, 0.25) is 0 Å². The van der Waals surface area contributed by atoms with E-state index in [0.717, 1.165) is 6.42 Å². The van der Waals surface area contributed by atoms with E-state index in [9.17, 15) is 13.2 Å². The number of para-hydroxylation sites is 2. The molecule has 7 heteroatoms. The number of guanidine groups is 1. The number of nitrogens with zero attached hydrogens (tertiary/aromatic N) is 1. The maximum atomic E-state index is 12.4. The molecule has 0 aliphatic heterocycles. The van der Waals surface area contributed by atoms with Crippen LogP contribution in [0.1, 0.15) is 17.0 Å². The van der Waals surface area contributed by atoms with Crippen molar-refractivity contribution in [2.75, 3.05) is 11.9 Å². The Kier molecular flexibility index (Phi) is 4.33. The van der Waals surface area contributed by atoms with E-state index >= 15 is 0 Å². The molecule has 0 radical (unpaired) electrons. The molecule has 126 valence electrons. The van der Waals surface area contributed by atoms with Crippen LogP contribution >= 0.6 is 0 Å². The van der Waals surface area contributed by atoms with Gasteiger partial charge < -0.3 is 15.8 Å². The molecule has 0 heterocycles. The van der Waals surface area contributed by atoms with Gasteiger partial charge in [-0.15, -0.1) is 13.2 Å². The van der Waals surface area contributed by atoms with Gasteiger partial charge in [-0.2, -0.15) is 0 Å². The third kappa shape index (κ3) is 3.79. The number of fused-ring (bicyclic) bond motifs is 1. The number of anilines is 1. The molecule has 1 atom stereocenters. The van der Waals surface area contributed by atoms with Crippen LogP contribution in [-0.4, -0.2) is 18.9 Å². The highest BCUT2D eigenvalue weighted by Crippen LogP contribution is 2.35. The molecule has 0 bridgehead atoms. The zero-order valence-corrected chi connectivity index (χ0v) is 12.7. The van der Waals surface area contributed by atoms with Crippen molar-refractivity contribution in [3.63, 3.8) is 0 Å². The van der Waals surface area contributed by atoms with Crippen LogP contribution in [0.4, 0.5) is 18.9 Å². The third-order valence-corrected chi connectivity index (χ3v) is 3.82. The summed E-state index contributed by atoms with van der Waals surface area (Å²) in [5, 5.41) is 2.66. The lowest BCUT2D eigenvalue weighted by Crippen LogP contribution is -2.27. The van der Waals surface area contributed by atoms with Gasteiger partial charge in [0, 0.05) is 12.5 Å². The zero-order valence-electron chi connectivity index (χ0n) is 12.7. The monoisotopic (exact) mass is 335 g/mol. The van der Waals surface area contributed by atoms with E-state index in [1.54, 1.807) is 6.07 Å². The fraction of sp³-hybridized carbons (Fsp3) is 0.235. The van der Waals surface area contributed by atoms with Crippen molar-refractivity contribution in [2.24, 2.45) is 10.7 Å². The molecule has 0 saturated heterocycles. The van der Waals surface area contributed by atoms with Gasteiger partial charge in [-0.05, 0) is 29.7 Å². The molecule has 2 aromatic rings. The average Bonchev–Trinajstić information content (AvgIpc) is 2.49. The van der Waals surface area contributed by atoms with Crippen LogP contribution in [0.25, 0.3) is 0 Å². The summed E-state index contributed by atoms with van der Waals surface area (Å²) in [6.07, 6.45) is -3.83. The van der Waals surface area contributed by atoms with Crippen LogP contribution in [-0.2, 0) is 6.42 Å². The van der Waals surface area contributed by atoms with E-state index in [4.69, 9.17) is 5.73 Å². The van der Waals surface area contributed by atoms with Crippen molar-refractivity contribution in [2.45, 2.75) is 18.7 Å². The van der Waals surface area contributed by atoms with E-state index in [1.807, 2.05) is 12.1 Å². The molecule has 24 heavy (non-hydrogen) atoms.